The van der Waals surface area contributed by atoms with Crippen LogP contribution in [0.25, 0.3) is 5.78 Å². The van der Waals surface area contributed by atoms with Gasteiger partial charge in [-0.2, -0.15) is 0 Å². The van der Waals surface area contributed by atoms with Crippen molar-refractivity contribution in [1.82, 2.24) is 14.4 Å². The summed E-state index contributed by atoms with van der Waals surface area (Å²) in [5.74, 6) is 0.0976. The molecule has 0 aliphatic heterocycles. The van der Waals surface area contributed by atoms with Crippen molar-refractivity contribution in [2.24, 2.45) is 0 Å². The van der Waals surface area contributed by atoms with Crippen LogP contribution in [0.1, 0.15) is 17.1 Å². The van der Waals surface area contributed by atoms with Crippen molar-refractivity contribution >= 4 is 23.2 Å². The molecule has 0 radical (unpaired) electrons. The monoisotopic (exact) mass is 343 g/mol. The van der Waals surface area contributed by atoms with Crippen LogP contribution in [0, 0.1) is 19.7 Å². The molecule has 2 aromatic heterocycles. The first kappa shape index (κ1) is 16.7. The molecule has 0 fully saturated rings. The van der Waals surface area contributed by atoms with E-state index in [1.807, 2.05) is 30.5 Å². The molecule has 0 aliphatic carbocycles. The number of hydrogen-bond donors (Lipinski definition) is 2. The van der Waals surface area contributed by atoms with E-state index in [2.05, 4.69) is 25.3 Å². The SMILES string of the molecule is COC(=O)Nc1cc(NCc2cn3c(C)cc(C)nc3n2)ccc1F. The molecular weight excluding hydrogens is 325 g/mol. The second-order valence-corrected chi connectivity index (χ2v) is 5.61. The van der Waals surface area contributed by atoms with E-state index >= 15 is 0 Å². The molecule has 0 unspecified atom stereocenters. The lowest BCUT2D eigenvalue weighted by molar-refractivity contribution is 0.187. The molecule has 0 saturated heterocycles. The lowest BCUT2D eigenvalue weighted by Gasteiger charge is -2.09. The number of rotatable bonds is 4. The van der Waals surface area contributed by atoms with Gasteiger partial charge < -0.3 is 10.1 Å². The zero-order valence-corrected chi connectivity index (χ0v) is 14.1. The third-order valence-electron chi connectivity index (χ3n) is 3.67. The molecule has 0 bridgehead atoms. The molecule has 2 N–H and O–H groups in total. The molecule has 0 saturated carbocycles. The van der Waals surface area contributed by atoms with Crippen LogP contribution in [-0.2, 0) is 11.3 Å². The van der Waals surface area contributed by atoms with Gasteiger partial charge in [-0.05, 0) is 38.1 Å². The number of nitrogens with one attached hydrogen (secondary N) is 2. The van der Waals surface area contributed by atoms with Gasteiger partial charge in [-0.15, -0.1) is 0 Å². The van der Waals surface area contributed by atoms with Gasteiger partial charge in [0.1, 0.15) is 5.82 Å². The molecule has 7 nitrogen and oxygen atoms in total. The largest absolute Gasteiger partial charge is 0.453 e. The third kappa shape index (κ3) is 3.68. The molecule has 2 heterocycles. The number of ether oxygens (including phenoxy) is 1. The number of methoxy groups -OCH3 is 1. The summed E-state index contributed by atoms with van der Waals surface area (Å²) in [7, 11) is 1.22. The summed E-state index contributed by atoms with van der Waals surface area (Å²) in [6.07, 6.45) is 1.18. The van der Waals surface area contributed by atoms with E-state index in [4.69, 9.17) is 0 Å². The Morgan fingerprint density at radius 2 is 2.08 bits per heavy atom. The van der Waals surface area contributed by atoms with E-state index in [1.54, 1.807) is 6.07 Å². The number of benzene rings is 1. The van der Waals surface area contributed by atoms with Gasteiger partial charge in [-0.1, -0.05) is 0 Å². The Morgan fingerprint density at radius 1 is 1.28 bits per heavy atom. The van der Waals surface area contributed by atoms with Crippen LogP contribution in [0.5, 0.6) is 0 Å². The number of imidazole rings is 1. The van der Waals surface area contributed by atoms with Crippen LogP contribution in [-0.4, -0.2) is 27.6 Å². The standard InChI is InChI=1S/C17H18FN5O2/c1-10-6-11(2)23-9-13(21-16(23)20-10)8-19-12-4-5-14(18)15(7-12)22-17(24)25-3/h4-7,9,19H,8H2,1-3H3,(H,22,24). The maximum Gasteiger partial charge on any atom is 0.411 e. The van der Waals surface area contributed by atoms with Crippen LogP contribution in [0.4, 0.5) is 20.6 Å². The third-order valence-corrected chi connectivity index (χ3v) is 3.67. The van der Waals surface area contributed by atoms with E-state index in [-0.39, 0.29) is 5.69 Å². The predicted molar refractivity (Wildman–Crippen MR) is 92.2 cm³/mol. The lowest BCUT2D eigenvalue weighted by atomic mass is 10.2. The Bertz CT molecular complexity index is 938. The number of halogens is 1. The Balaban J connectivity index is 1.76. The topological polar surface area (TPSA) is 80.5 Å². The number of hydrogen-bond acceptors (Lipinski definition) is 5. The van der Waals surface area contributed by atoms with E-state index < -0.39 is 11.9 Å². The normalized spacial score (nSPS) is 10.7. The van der Waals surface area contributed by atoms with Crippen molar-refractivity contribution in [3.63, 3.8) is 0 Å². The van der Waals surface area contributed by atoms with Gasteiger partial charge in [0.2, 0.25) is 5.78 Å². The van der Waals surface area contributed by atoms with Gasteiger partial charge >= 0.3 is 6.09 Å². The molecule has 1 aromatic carbocycles. The maximum absolute atomic E-state index is 13.7. The van der Waals surface area contributed by atoms with Gasteiger partial charge in [-0.25, -0.2) is 19.2 Å². The first-order valence-corrected chi connectivity index (χ1v) is 7.67. The average molecular weight is 343 g/mol. The summed E-state index contributed by atoms with van der Waals surface area (Å²) >= 11 is 0. The number of carbonyl (C=O) groups excluding carboxylic acids is 1. The van der Waals surface area contributed by atoms with Gasteiger partial charge in [-0.3, -0.25) is 9.72 Å². The Hall–Kier alpha value is -3.16. The predicted octanol–water partition coefficient (Wildman–Crippen LogP) is 3.28. The Kier molecular flexibility index (Phi) is 4.51. The fourth-order valence-electron chi connectivity index (χ4n) is 2.49. The summed E-state index contributed by atoms with van der Waals surface area (Å²) in [4.78, 5) is 20.1. The van der Waals surface area contributed by atoms with Crippen LogP contribution >= 0.6 is 0 Å². The van der Waals surface area contributed by atoms with Gasteiger partial charge in [0, 0.05) is 23.3 Å². The molecule has 130 valence electrons. The van der Waals surface area contributed by atoms with Crippen molar-refractivity contribution in [3.05, 3.63) is 53.4 Å². The number of nitrogens with zero attached hydrogens (tertiary/aromatic N) is 3. The summed E-state index contributed by atoms with van der Waals surface area (Å²) in [6, 6.07) is 6.33. The summed E-state index contributed by atoms with van der Waals surface area (Å²) in [5, 5.41) is 5.48. The minimum Gasteiger partial charge on any atom is -0.453 e. The number of aromatic nitrogens is 3. The van der Waals surface area contributed by atoms with E-state index in [1.165, 1.54) is 19.2 Å². The molecule has 0 atom stereocenters. The molecule has 25 heavy (non-hydrogen) atoms. The van der Waals surface area contributed by atoms with Crippen molar-refractivity contribution in [1.29, 1.82) is 0 Å². The number of aryl methyl sites for hydroxylation is 2. The van der Waals surface area contributed by atoms with Crippen molar-refractivity contribution in [2.75, 3.05) is 17.7 Å². The minimum absolute atomic E-state index is 0.0417. The second kappa shape index (κ2) is 6.76. The second-order valence-electron chi connectivity index (χ2n) is 5.61. The van der Waals surface area contributed by atoms with Crippen LogP contribution < -0.4 is 10.6 Å². The van der Waals surface area contributed by atoms with Crippen molar-refractivity contribution < 1.29 is 13.9 Å². The number of anilines is 2. The molecule has 0 aliphatic rings. The van der Waals surface area contributed by atoms with Crippen molar-refractivity contribution in [2.45, 2.75) is 20.4 Å². The first-order valence-electron chi connectivity index (χ1n) is 7.67. The quantitative estimate of drug-likeness (QED) is 0.760. The molecule has 0 spiro atoms. The molecule has 3 rings (SSSR count). The summed E-state index contributed by atoms with van der Waals surface area (Å²) < 4.78 is 20.1. The highest BCUT2D eigenvalue weighted by atomic mass is 19.1. The van der Waals surface area contributed by atoms with E-state index in [0.717, 1.165) is 17.1 Å². The number of fused-ring (bicyclic) bond motifs is 1. The summed E-state index contributed by atoms with van der Waals surface area (Å²) in [5.41, 5.74) is 3.44. The molecule has 3 aromatic rings. The molecular formula is C17H18FN5O2. The van der Waals surface area contributed by atoms with Gasteiger partial charge in [0.15, 0.2) is 0 Å². The fourth-order valence-corrected chi connectivity index (χ4v) is 2.49. The Morgan fingerprint density at radius 3 is 2.84 bits per heavy atom. The fraction of sp³-hybridized carbons (Fsp3) is 0.235. The van der Waals surface area contributed by atoms with Gasteiger partial charge in [0.05, 0.1) is 25.0 Å². The highest BCUT2D eigenvalue weighted by Crippen LogP contribution is 2.20. The minimum atomic E-state index is -0.728. The van der Waals surface area contributed by atoms with Crippen LogP contribution in [0.3, 0.4) is 0 Å². The van der Waals surface area contributed by atoms with Crippen LogP contribution in [0.2, 0.25) is 0 Å². The van der Waals surface area contributed by atoms with Gasteiger partial charge in [0.25, 0.3) is 0 Å². The summed E-state index contributed by atoms with van der Waals surface area (Å²) in [6.45, 7) is 4.35. The highest BCUT2D eigenvalue weighted by molar-refractivity contribution is 5.85. The lowest BCUT2D eigenvalue weighted by Crippen LogP contribution is -2.12. The van der Waals surface area contributed by atoms with Crippen LogP contribution in [0.15, 0.2) is 30.5 Å². The average Bonchev–Trinajstić information content (AvgIpc) is 2.98. The van der Waals surface area contributed by atoms with E-state index in [0.29, 0.717) is 18.0 Å². The van der Waals surface area contributed by atoms with E-state index in [9.17, 15) is 9.18 Å². The first-order chi connectivity index (χ1) is 12.0. The molecule has 1 amide bonds. The molecule has 8 heteroatoms. The number of amides is 1. The highest BCUT2D eigenvalue weighted by Gasteiger charge is 2.09. The maximum atomic E-state index is 13.7. The zero-order chi connectivity index (χ0) is 18.0. The smallest absolute Gasteiger partial charge is 0.411 e. The Labute approximate surface area is 143 Å². The van der Waals surface area contributed by atoms with Crippen molar-refractivity contribution in [3.8, 4) is 0 Å². The number of carbonyl (C=O) groups is 1. The zero-order valence-electron chi connectivity index (χ0n) is 14.1.